The van der Waals surface area contributed by atoms with Crippen molar-refractivity contribution in [3.8, 4) is 0 Å². The van der Waals surface area contributed by atoms with Gasteiger partial charge in [0.1, 0.15) is 5.82 Å². The number of hydrogen-bond acceptors (Lipinski definition) is 4. The summed E-state index contributed by atoms with van der Waals surface area (Å²) in [5.41, 5.74) is -1.43. The van der Waals surface area contributed by atoms with Gasteiger partial charge in [-0.25, -0.2) is 4.98 Å². The highest BCUT2D eigenvalue weighted by atomic mass is 32.2. The van der Waals surface area contributed by atoms with E-state index in [9.17, 15) is 31.0 Å². The van der Waals surface area contributed by atoms with Crippen LogP contribution >= 0.6 is 0 Å². The number of alkyl halides is 5. The number of anilines is 2. The van der Waals surface area contributed by atoms with Gasteiger partial charge in [0.05, 0.1) is 24.5 Å². The van der Waals surface area contributed by atoms with E-state index >= 15 is 0 Å². The molecule has 0 unspecified atom stereocenters. The van der Waals surface area contributed by atoms with Crippen LogP contribution in [0.1, 0.15) is 40.7 Å². The van der Waals surface area contributed by atoms with Crippen LogP contribution in [-0.2, 0) is 17.0 Å². The quantitative estimate of drug-likeness (QED) is 0.342. The Labute approximate surface area is 191 Å². The summed E-state index contributed by atoms with van der Waals surface area (Å²) in [6.45, 7) is 0.243. The molecule has 0 aliphatic carbocycles. The molecule has 182 valence electrons. The maximum atomic E-state index is 13.5. The number of halogens is 5. The molecule has 2 rings (SSSR count). The fourth-order valence-electron chi connectivity index (χ4n) is 3.30. The number of hydrogen-bond donors (Lipinski definition) is 1. The van der Waals surface area contributed by atoms with Crippen LogP contribution in [0.4, 0.5) is 33.5 Å². The third-order valence-electron chi connectivity index (χ3n) is 4.95. The highest BCUT2D eigenvalue weighted by molar-refractivity contribution is 7.84. The van der Waals surface area contributed by atoms with Crippen molar-refractivity contribution >= 4 is 28.2 Å². The van der Waals surface area contributed by atoms with Crippen LogP contribution in [0, 0.1) is 6.92 Å². The van der Waals surface area contributed by atoms with Crippen molar-refractivity contribution in [2.24, 2.45) is 0 Å². The SMILES string of the molecule is Cc1c(C(F)(F)F)cnc(N(CCCF)CCCCF)c1C(=O)Nc1cccc([S@](C)=O)c1. The number of unbranched alkanes of at least 4 members (excludes halogenated alkanes) is 1. The molecule has 11 heteroatoms. The lowest BCUT2D eigenvalue weighted by Crippen LogP contribution is -2.31. The van der Waals surface area contributed by atoms with Gasteiger partial charge in [-0.15, -0.1) is 0 Å². The van der Waals surface area contributed by atoms with Crippen molar-refractivity contribution in [3.05, 3.63) is 47.2 Å². The summed E-state index contributed by atoms with van der Waals surface area (Å²) >= 11 is 0. The Kier molecular flexibility index (Phi) is 9.75. The monoisotopic (exact) mass is 491 g/mol. The molecule has 2 aromatic rings. The van der Waals surface area contributed by atoms with Gasteiger partial charge in [0, 0.05) is 46.9 Å². The fraction of sp³-hybridized carbons (Fsp3) is 0.455. The standard InChI is InChI=1S/C22H26F5N3O2S/c1-15-18(22(25,26)27)14-28-20(30(12-6-10-24)11-4-3-9-23)19(15)21(31)29-16-7-5-8-17(13-16)33(2)32/h5,7-8,13-14H,3-4,6,9-12H2,1-2H3,(H,29,31)/t33-/m0/s1. The number of amides is 1. The van der Waals surface area contributed by atoms with Gasteiger partial charge < -0.3 is 10.2 Å². The van der Waals surface area contributed by atoms with Crippen LogP contribution in [0.2, 0.25) is 0 Å². The normalized spacial score (nSPS) is 12.5. The molecule has 0 radical (unpaired) electrons. The summed E-state index contributed by atoms with van der Waals surface area (Å²) in [6.07, 6.45) is -1.98. The van der Waals surface area contributed by atoms with Crippen molar-refractivity contribution in [2.75, 3.05) is 42.9 Å². The van der Waals surface area contributed by atoms with Gasteiger partial charge in [0.15, 0.2) is 0 Å². The topological polar surface area (TPSA) is 62.3 Å². The van der Waals surface area contributed by atoms with Gasteiger partial charge in [-0.1, -0.05) is 6.07 Å². The molecular formula is C22H26F5N3O2S. The smallest absolute Gasteiger partial charge is 0.356 e. The van der Waals surface area contributed by atoms with E-state index < -0.39 is 41.8 Å². The molecule has 0 bridgehead atoms. The number of carbonyl (C=O) groups excluding carboxylic acids is 1. The first kappa shape index (κ1) is 26.7. The third kappa shape index (κ3) is 7.21. The highest BCUT2D eigenvalue weighted by Gasteiger charge is 2.36. The molecule has 1 aromatic heterocycles. The zero-order valence-electron chi connectivity index (χ0n) is 18.3. The minimum atomic E-state index is -4.73. The second-order valence-electron chi connectivity index (χ2n) is 7.35. The lowest BCUT2D eigenvalue weighted by molar-refractivity contribution is -0.138. The van der Waals surface area contributed by atoms with Crippen LogP contribution in [0.15, 0.2) is 35.4 Å². The average Bonchev–Trinajstić information content (AvgIpc) is 2.75. The second-order valence-corrected chi connectivity index (χ2v) is 8.73. The summed E-state index contributed by atoms with van der Waals surface area (Å²) in [5.74, 6) is -0.864. The summed E-state index contributed by atoms with van der Waals surface area (Å²) < 4.78 is 77.8. The Morgan fingerprint density at radius 2 is 1.79 bits per heavy atom. The van der Waals surface area contributed by atoms with Crippen molar-refractivity contribution in [1.29, 1.82) is 0 Å². The molecule has 0 saturated heterocycles. The van der Waals surface area contributed by atoms with E-state index in [1.165, 1.54) is 30.2 Å². The van der Waals surface area contributed by atoms with Crippen molar-refractivity contribution < 1.29 is 31.0 Å². The lowest BCUT2D eigenvalue weighted by Gasteiger charge is -2.27. The largest absolute Gasteiger partial charge is 0.418 e. The first-order valence-electron chi connectivity index (χ1n) is 10.3. The predicted octanol–water partition coefficient (Wildman–Crippen LogP) is 5.31. The molecule has 1 N–H and O–H groups in total. The van der Waals surface area contributed by atoms with Gasteiger partial charge >= 0.3 is 6.18 Å². The number of carbonyl (C=O) groups is 1. The summed E-state index contributed by atoms with van der Waals surface area (Å²) in [6, 6.07) is 6.14. The number of aromatic nitrogens is 1. The molecule has 1 amide bonds. The van der Waals surface area contributed by atoms with Crippen LogP contribution in [0.5, 0.6) is 0 Å². The maximum absolute atomic E-state index is 13.5. The Balaban J connectivity index is 2.54. The lowest BCUT2D eigenvalue weighted by atomic mass is 10.0. The van der Waals surface area contributed by atoms with Crippen LogP contribution < -0.4 is 10.2 Å². The van der Waals surface area contributed by atoms with Gasteiger partial charge in [-0.3, -0.25) is 17.8 Å². The van der Waals surface area contributed by atoms with E-state index in [2.05, 4.69) is 10.3 Å². The van der Waals surface area contributed by atoms with Crippen LogP contribution in [-0.4, -0.2) is 47.8 Å². The fourth-order valence-corrected chi connectivity index (χ4v) is 3.87. The first-order valence-corrected chi connectivity index (χ1v) is 11.8. The van der Waals surface area contributed by atoms with Crippen molar-refractivity contribution in [2.45, 2.75) is 37.3 Å². The molecule has 0 spiro atoms. The molecule has 0 fully saturated rings. The van der Waals surface area contributed by atoms with E-state index in [-0.39, 0.29) is 48.6 Å². The molecule has 1 aromatic carbocycles. The number of benzene rings is 1. The summed E-state index contributed by atoms with van der Waals surface area (Å²) in [5, 5.41) is 2.55. The third-order valence-corrected chi connectivity index (χ3v) is 5.87. The van der Waals surface area contributed by atoms with E-state index in [0.29, 0.717) is 17.5 Å². The van der Waals surface area contributed by atoms with Gasteiger partial charge in [0.2, 0.25) is 0 Å². The van der Waals surface area contributed by atoms with E-state index in [1.54, 1.807) is 12.1 Å². The number of rotatable bonds is 11. The molecule has 1 heterocycles. The number of pyridine rings is 1. The predicted molar refractivity (Wildman–Crippen MR) is 119 cm³/mol. The molecule has 1 atom stereocenters. The van der Waals surface area contributed by atoms with E-state index in [4.69, 9.17) is 0 Å². The van der Waals surface area contributed by atoms with Gasteiger partial charge in [0.25, 0.3) is 5.91 Å². The molecular weight excluding hydrogens is 465 g/mol. The van der Waals surface area contributed by atoms with Crippen molar-refractivity contribution in [1.82, 2.24) is 4.98 Å². The number of nitrogens with zero attached hydrogens (tertiary/aromatic N) is 2. The molecule has 33 heavy (non-hydrogen) atoms. The Morgan fingerprint density at radius 3 is 2.39 bits per heavy atom. The first-order chi connectivity index (χ1) is 15.6. The molecule has 0 aliphatic rings. The Bertz CT molecular complexity index is 985. The maximum Gasteiger partial charge on any atom is 0.418 e. The van der Waals surface area contributed by atoms with Crippen LogP contribution in [0.25, 0.3) is 0 Å². The summed E-state index contributed by atoms with van der Waals surface area (Å²) in [4.78, 5) is 19.0. The zero-order valence-corrected chi connectivity index (χ0v) is 19.2. The molecule has 0 saturated carbocycles. The summed E-state index contributed by atoms with van der Waals surface area (Å²) in [7, 11) is -1.33. The Morgan fingerprint density at radius 1 is 1.12 bits per heavy atom. The second kappa shape index (κ2) is 12.1. The molecule has 5 nitrogen and oxygen atoms in total. The Hall–Kier alpha value is -2.56. The van der Waals surface area contributed by atoms with Crippen LogP contribution in [0.3, 0.4) is 0 Å². The zero-order chi connectivity index (χ0) is 24.6. The minimum Gasteiger partial charge on any atom is -0.356 e. The van der Waals surface area contributed by atoms with Gasteiger partial charge in [-0.05, 0) is 49.9 Å². The number of nitrogens with one attached hydrogen (secondary N) is 1. The minimum absolute atomic E-state index is 0.0273. The van der Waals surface area contributed by atoms with Gasteiger partial charge in [-0.2, -0.15) is 13.2 Å². The van der Waals surface area contributed by atoms with E-state index in [1.807, 2.05) is 0 Å². The average molecular weight is 492 g/mol. The highest BCUT2D eigenvalue weighted by Crippen LogP contribution is 2.36. The molecule has 0 aliphatic heterocycles. The van der Waals surface area contributed by atoms with Crippen molar-refractivity contribution in [3.63, 3.8) is 0 Å². The van der Waals surface area contributed by atoms with E-state index in [0.717, 1.165) is 0 Å².